The third-order valence-electron chi connectivity index (χ3n) is 2.73. The summed E-state index contributed by atoms with van der Waals surface area (Å²) in [7, 11) is -3.30. The van der Waals surface area contributed by atoms with Gasteiger partial charge in [0.15, 0.2) is 9.84 Å². The summed E-state index contributed by atoms with van der Waals surface area (Å²) in [6, 6.07) is 4.38. The van der Waals surface area contributed by atoms with E-state index in [2.05, 4.69) is 0 Å². The predicted molar refractivity (Wildman–Crippen MR) is 77.6 cm³/mol. The van der Waals surface area contributed by atoms with Gasteiger partial charge < -0.3 is 0 Å². The fourth-order valence-electron chi connectivity index (χ4n) is 1.48. The lowest BCUT2D eigenvalue weighted by atomic mass is 10.1. The summed E-state index contributed by atoms with van der Waals surface area (Å²) < 4.78 is 24.1. The zero-order valence-corrected chi connectivity index (χ0v) is 13.1. The first-order valence-electron chi connectivity index (χ1n) is 5.60. The second kappa shape index (κ2) is 6.99. The largest absolute Gasteiger partial charge is 0.224 e. The molecule has 1 atom stereocenters. The first-order chi connectivity index (χ1) is 8.36. The highest BCUT2D eigenvalue weighted by Gasteiger charge is 2.17. The molecular formula is C12H15Cl3O2S. The van der Waals surface area contributed by atoms with E-state index in [0.29, 0.717) is 23.2 Å². The van der Waals surface area contributed by atoms with Gasteiger partial charge in [0, 0.05) is 5.88 Å². The molecule has 0 spiro atoms. The van der Waals surface area contributed by atoms with Crippen molar-refractivity contribution in [3.8, 4) is 0 Å². The van der Waals surface area contributed by atoms with Crippen LogP contribution in [-0.4, -0.2) is 20.1 Å². The fourth-order valence-corrected chi connectivity index (χ4v) is 3.73. The molecule has 1 unspecified atom stereocenters. The van der Waals surface area contributed by atoms with Crippen LogP contribution in [0.3, 0.4) is 0 Å². The van der Waals surface area contributed by atoms with E-state index in [1.165, 1.54) is 18.2 Å². The molecule has 0 heterocycles. The van der Waals surface area contributed by atoms with Gasteiger partial charge in [-0.1, -0.05) is 30.1 Å². The molecular weight excluding hydrogens is 315 g/mol. The molecule has 0 bridgehead atoms. The average Bonchev–Trinajstić information content (AvgIpc) is 2.30. The zero-order chi connectivity index (χ0) is 13.8. The summed E-state index contributed by atoms with van der Waals surface area (Å²) in [5.74, 6) is 0.942. The van der Waals surface area contributed by atoms with E-state index in [1.54, 1.807) is 0 Å². The molecule has 1 rings (SSSR count). The van der Waals surface area contributed by atoms with Crippen molar-refractivity contribution in [1.82, 2.24) is 0 Å². The van der Waals surface area contributed by atoms with Gasteiger partial charge >= 0.3 is 0 Å². The number of halogens is 3. The van der Waals surface area contributed by atoms with Crippen molar-refractivity contribution in [1.29, 1.82) is 0 Å². The van der Waals surface area contributed by atoms with Crippen molar-refractivity contribution in [3.63, 3.8) is 0 Å². The Balaban J connectivity index is 2.77. The molecule has 0 aliphatic carbocycles. The highest BCUT2D eigenvalue weighted by Crippen LogP contribution is 2.26. The van der Waals surface area contributed by atoms with Gasteiger partial charge in [-0.05, 0) is 37.0 Å². The third-order valence-corrected chi connectivity index (χ3v) is 5.43. The van der Waals surface area contributed by atoms with Crippen molar-refractivity contribution >= 4 is 44.6 Å². The number of hydrogen-bond donors (Lipinski definition) is 0. The molecule has 2 nitrogen and oxygen atoms in total. The van der Waals surface area contributed by atoms with Crippen LogP contribution < -0.4 is 0 Å². The van der Waals surface area contributed by atoms with Crippen LogP contribution in [0.25, 0.3) is 0 Å². The van der Waals surface area contributed by atoms with E-state index in [1.807, 2.05) is 6.92 Å². The van der Waals surface area contributed by atoms with Crippen LogP contribution >= 0.6 is 34.8 Å². The highest BCUT2D eigenvalue weighted by molar-refractivity contribution is 7.91. The molecule has 0 aromatic heterocycles. The van der Waals surface area contributed by atoms with Crippen molar-refractivity contribution in [3.05, 3.63) is 28.2 Å². The first-order valence-corrected chi connectivity index (χ1v) is 8.55. The molecule has 102 valence electrons. The number of sulfone groups is 1. The van der Waals surface area contributed by atoms with Crippen molar-refractivity contribution in [2.24, 2.45) is 5.92 Å². The van der Waals surface area contributed by atoms with E-state index in [0.717, 1.165) is 6.42 Å². The maximum absolute atomic E-state index is 12.1. The first kappa shape index (κ1) is 16.1. The normalized spacial score (nSPS) is 13.6. The molecule has 0 saturated heterocycles. The SMILES string of the molecule is CC(CCCl)CCS(=O)(=O)c1ccc(Cl)c(Cl)c1. The minimum absolute atomic E-state index is 0.100. The van der Waals surface area contributed by atoms with Gasteiger partial charge in [-0.25, -0.2) is 8.42 Å². The molecule has 0 aliphatic heterocycles. The molecule has 0 amide bonds. The maximum Gasteiger partial charge on any atom is 0.178 e. The minimum Gasteiger partial charge on any atom is -0.224 e. The van der Waals surface area contributed by atoms with Gasteiger partial charge in [-0.2, -0.15) is 0 Å². The lowest BCUT2D eigenvalue weighted by molar-refractivity contribution is 0.534. The Hall–Kier alpha value is 0.0400. The van der Waals surface area contributed by atoms with E-state index >= 15 is 0 Å². The average molecular weight is 330 g/mol. The lowest BCUT2D eigenvalue weighted by Gasteiger charge is -2.10. The quantitative estimate of drug-likeness (QED) is 0.724. The van der Waals surface area contributed by atoms with Gasteiger partial charge in [-0.3, -0.25) is 0 Å². The Morgan fingerprint density at radius 1 is 1.17 bits per heavy atom. The van der Waals surface area contributed by atoms with Crippen LogP contribution in [-0.2, 0) is 9.84 Å². The fraction of sp³-hybridized carbons (Fsp3) is 0.500. The monoisotopic (exact) mass is 328 g/mol. The standard InChI is InChI=1S/C12H15Cl3O2S/c1-9(4-6-13)5-7-18(16,17)10-2-3-11(14)12(15)8-10/h2-3,8-9H,4-7H2,1H3. The van der Waals surface area contributed by atoms with E-state index in [-0.39, 0.29) is 15.7 Å². The number of hydrogen-bond acceptors (Lipinski definition) is 2. The molecule has 18 heavy (non-hydrogen) atoms. The van der Waals surface area contributed by atoms with E-state index in [4.69, 9.17) is 34.8 Å². The number of benzene rings is 1. The van der Waals surface area contributed by atoms with E-state index < -0.39 is 9.84 Å². The lowest BCUT2D eigenvalue weighted by Crippen LogP contribution is -2.10. The van der Waals surface area contributed by atoms with Gasteiger partial charge in [0.1, 0.15) is 0 Å². The van der Waals surface area contributed by atoms with Gasteiger partial charge in [-0.15, -0.1) is 11.6 Å². The zero-order valence-electron chi connectivity index (χ0n) is 10.00. The highest BCUT2D eigenvalue weighted by atomic mass is 35.5. The van der Waals surface area contributed by atoms with Crippen LogP contribution in [0.1, 0.15) is 19.8 Å². The summed E-state index contributed by atoms with van der Waals surface area (Å²) in [4.78, 5) is 0.218. The Bertz CT molecular complexity index is 500. The Morgan fingerprint density at radius 3 is 2.39 bits per heavy atom. The second-order valence-electron chi connectivity index (χ2n) is 4.27. The van der Waals surface area contributed by atoms with Crippen molar-refractivity contribution in [2.45, 2.75) is 24.7 Å². The van der Waals surface area contributed by atoms with Gasteiger partial charge in [0.25, 0.3) is 0 Å². The smallest absolute Gasteiger partial charge is 0.178 e. The van der Waals surface area contributed by atoms with Crippen LogP contribution in [0.15, 0.2) is 23.1 Å². The van der Waals surface area contributed by atoms with E-state index in [9.17, 15) is 8.42 Å². The summed E-state index contributed by atoms with van der Waals surface area (Å²) in [5, 5.41) is 0.609. The van der Waals surface area contributed by atoms with Gasteiger partial charge in [0.05, 0.1) is 20.7 Å². The molecule has 0 aliphatic rings. The summed E-state index contributed by atoms with van der Waals surface area (Å²) in [6.45, 7) is 1.99. The number of alkyl halides is 1. The van der Waals surface area contributed by atoms with Crippen molar-refractivity contribution in [2.75, 3.05) is 11.6 Å². The summed E-state index contributed by atoms with van der Waals surface area (Å²) >= 11 is 17.2. The summed E-state index contributed by atoms with van der Waals surface area (Å²) in [6.07, 6.45) is 1.41. The molecule has 1 aromatic rings. The van der Waals surface area contributed by atoms with Crippen LogP contribution in [0.5, 0.6) is 0 Å². The maximum atomic E-state index is 12.1. The minimum atomic E-state index is -3.30. The van der Waals surface area contributed by atoms with Crippen LogP contribution in [0, 0.1) is 5.92 Å². The van der Waals surface area contributed by atoms with Crippen LogP contribution in [0.4, 0.5) is 0 Å². The molecule has 0 N–H and O–H groups in total. The van der Waals surface area contributed by atoms with Crippen molar-refractivity contribution < 1.29 is 8.42 Å². The van der Waals surface area contributed by atoms with Crippen LogP contribution in [0.2, 0.25) is 10.0 Å². The van der Waals surface area contributed by atoms with Gasteiger partial charge in [0.2, 0.25) is 0 Å². The molecule has 1 aromatic carbocycles. The molecule has 0 saturated carbocycles. The molecule has 0 radical (unpaired) electrons. The topological polar surface area (TPSA) is 34.1 Å². The Labute approximate surface area is 123 Å². The third kappa shape index (κ3) is 4.61. The Kier molecular flexibility index (Phi) is 6.25. The summed E-state index contributed by atoms with van der Waals surface area (Å²) in [5.41, 5.74) is 0. The second-order valence-corrected chi connectivity index (χ2v) is 7.57. The molecule has 6 heteroatoms. The predicted octanol–water partition coefficient (Wildman–Crippen LogP) is 4.42. The number of rotatable bonds is 6. The molecule has 0 fully saturated rings. The Morgan fingerprint density at radius 2 is 1.83 bits per heavy atom.